The molecule has 1 amide bonds. The van der Waals surface area contributed by atoms with Gasteiger partial charge < -0.3 is 10.6 Å². The third-order valence-electron chi connectivity index (χ3n) is 3.75. The second kappa shape index (κ2) is 5.31. The van der Waals surface area contributed by atoms with Crippen LogP contribution in [0.25, 0.3) is 0 Å². The van der Waals surface area contributed by atoms with E-state index in [0.29, 0.717) is 6.54 Å². The van der Waals surface area contributed by atoms with E-state index in [2.05, 4.69) is 22.9 Å². The largest absolute Gasteiger partial charge is 0.342 e. The van der Waals surface area contributed by atoms with E-state index in [0.717, 1.165) is 28.2 Å². The zero-order chi connectivity index (χ0) is 13.3. The lowest BCUT2D eigenvalue weighted by Crippen LogP contribution is -2.36. The Kier molecular flexibility index (Phi) is 4.14. The summed E-state index contributed by atoms with van der Waals surface area (Å²) >= 11 is 5.07. The van der Waals surface area contributed by atoms with Crippen LogP contribution < -0.4 is 5.73 Å². The normalized spacial score (nSPS) is 25.4. The van der Waals surface area contributed by atoms with Crippen LogP contribution in [-0.4, -0.2) is 30.4 Å². The van der Waals surface area contributed by atoms with Crippen LogP contribution in [-0.2, 0) is 4.79 Å². The third kappa shape index (κ3) is 2.78. The Morgan fingerprint density at radius 1 is 1.67 bits per heavy atom. The van der Waals surface area contributed by atoms with Crippen LogP contribution in [0.1, 0.15) is 31.1 Å². The first-order valence-electron chi connectivity index (χ1n) is 6.19. The molecule has 0 bridgehead atoms. The summed E-state index contributed by atoms with van der Waals surface area (Å²) in [5.41, 5.74) is 5.88. The molecule has 2 heterocycles. The molecular weight excluding hydrogens is 312 g/mol. The highest BCUT2D eigenvalue weighted by Gasteiger charge is 2.36. The molecular formula is C13H19BrN2OS. The molecule has 1 fully saturated rings. The van der Waals surface area contributed by atoms with E-state index < -0.39 is 0 Å². The topological polar surface area (TPSA) is 46.3 Å². The Morgan fingerprint density at radius 2 is 2.39 bits per heavy atom. The fourth-order valence-electron chi connectivity index (χ4n) is 2.34. The first-order chi connectivity index (χ1) is 8.45. The predicted molar refractivity (Wildman–Crippen MR) is 78.8 cm³/mol. The van der Waals surface area contributed by atoms with E-state index in [9.17, 15) is 4.79 Å². The van der Waals surface area contributed by atoms with E-state index in [1.807, 2.05) is 24.0 Å². The second-order valence-corrected chi connectivity index (χ2v) is 7.88. The van der Waals surface area contributed by atoms with Crippen molar-refractivity contribution in [2.24, 2.45) is 11.1 Å². The molecule has 1 saturated heterocycles. The SMILES string of the molecule is CC(C(=O)N1CCC(C)(CN)C1)c1ccc(Br)s1. The van der Waals surface area contributed by atoms with Crippen molar-refractivity contribution in [1.29, 1.82) is 0 Å². The monoisotopic (exact) mass is 330 g/mol. The first-order valence-corrected chi connectivity index (χ1v) is 7.80. The number of amides is 1. The molecule has 2 N–H and O–H groups in total. The molecule has 1 aliphatic rings. The molecule has 1 aliphatic heterocycles. The van der Waals surface area contributed by atoms with Crippen molar-refractivity contribution in [3.63, 3.8) is 0 Å². The van der Waals surface area contributed by atoms with E-state index >= 15 is 0 Å². The van der Waals surface area contributed by atoms with Crippen LogP contribution in [0.3, 0.4) is 0 Å². The Hall–Kier alpha value is -0.390. The van der Waals surface area contributed by atoms with Crippen molar-refractivity contribution in [2.45, 2.75) is 26.2 Å². The molecule has 1 aromatic rings. The van der Waals surface area contributed by atoms with Gasteiger partial charge in [0.2, 0.25) is 5.91 Å². The molecule has 3 nitrogen and oxygen atoms in total. The maximum absolute atomic E-state index is 12.4. The number of likely N-dealkylation sites (tertiary alicyclic amines) is 1. The first kappa shape index (κ1) is 14.0. The van der Waals surface area contributed by atoms with Gasteiger partial charge in [0.25, 0.3) is 0 Å². The maximum atomic E-state index is 12.4. The maximum Gasteiger partial charge on any atom is 0.230 e. The lowest BCUT2D eigenvalue weighted by Gasteiger charge is -2.24. The Labute approximate surface area is 120 Å². The van der Waals surface area contributed by atoms with E-state index in [1.54, 1.807) is 11.3 Å². The van der Waals surface area contributed by atoms with Gasteiger partial charge in [0.05, 0.1) is 9.70 Å². The fourth-order valence-corrected chi connectivity index (χ4v) is 3.80. The average Bonchev–Trinajstić information content (AvgIpc) is 2.95. The van der Waals surface area contributed by atoms with Gasteiger partial charge in [0.15, 0.2) is 0 Å². The summed E-state index contributed by atoms with van der Waals surface area (Å²) in [5.74, 6) is 0.169. The highest BCUT2D eigenvalue weighted by Crippen LogP contribution is 2.33. The summed E-state index contributed by atoms with van der Waals surface area (Å²) in [6, 6.07) is 4.02. The number of nitrogens with zero attached hydrogens (tertiary/aromatic N) is 1. The quantitative estimate of drug-likeness (QED) is 0.926. The van der Waals surface area contributed by atoms with Gasteiger partial charge in [-0.3, -0.25) is 4.79 Å². The summed E-state index contributed by atoms with van der Waals surface area (Å²) in [6.45, 7) is 6.42. The number of hydrogen-bond donors (Lipinski definition) is 1. The van der Waals surface area contributed by atoms with Crippen LogP contribution in [0, 0.1) is 5.41 Å². The zero-order valence-corrected chi connectivity index (χ0v) is 13.2. The van der Waals surface area contributed by atoms with Gasteiger partial charge in [-0.2, -0.15) is 0 Å². The molecule has 0 saturated carbocycles. The van der Waals surface area contributed by atoms with E-state index in [4.69, 9.17) is 5.73 Å². The van der Waals surface area contributed by atoms with Gasteiger partial charge in [-0.1, -0.05) is 6.92 Å². The number of carbonyl (C=O) groups is 1. The van der Waals surface area contributed by atoms with Gasteiger partial charge in [0, 0.05) is 18.0 Å². The molecule has 2 atom stereocenters. The van der Waals surface area contributed by atoms with Crippen molar-refractivity contribution >= 4 is 33.2 Å². The number of thiophene rings is 1. The minimum atomic E-state index is -0.0542. The zero-order valence-electron chi connectivity index (χ0n) is 10.8. The summed E-state index contributed by atoms with van der Waals surface area (Å²) in [4.78, 5) is 15.5. The molecule has 0 spiro atoms. The lowest BCUT2D eigenvalue weighted by atomic mass is 9.90. The molecule has 0 aromatic carbocycles. The number of nitrogens with two attached hydrogens (primary N) is 1. The molecule has 0 radical (unpaired) electrons. The minimum Gasteiger partial charge on any atom is -0.342 e. The molecule has 2 unspecified atom stereocenters. The Morgan fingerprint density at radius 3 is 2.89 bits per heavy atom. The van der Waals surface area contributed by atoms with Crippen molar-refractivity contribution in [3.8, 4) is 0 Å². The molecule has 1 aromatic heterocycles. The summed E-state index contributed by atoms with van der Waals surface area (Å²) in [6.07, 6.45) is 1.01. The summed E-state index contributed by atoms with van der Waals surface area (Å²) < 4.78 is 1.07. The number of rotatable bonds is 3. The van der Waals surface area contributed by atoms with Crippen LogP contribution >= 0.6 is 27.3 Å². The molecule has 0 aliphatic carbocycles. The van der Waals surface area contributed by atoms with Crippen LogP contribution in [0.5, 0.6) is 0 Å². The third-order valence-corrected chi connectivity index (χ3v) is 5.56. The van der Waals surface area contributed by atoms with Crippen LogP contribution in [0.4, 0.5) is 0 Å². The van der Waals surface area contributed by atoms with Gasteiger partial charge in [0.1, 0.15) is 0 Å². The highest BCUT2D eigenvalue weighted by molar-refractivity contribution is 9.11. The van der Waals surface area contributed by atoms with Gasteiger partial charge in [-0.15, -0.1) is 11.3 Å². The smallest absolute Gasteiger partial charge is 0.230 e. The predicted octanol–water partition coefficient (Wildman–Crippen LogP) is 2.81. The van der Waals surface area contributed by atoms with E-state index in [1.165, 1.54) is 0 Å². The van der Waals surface area contributed by atoms with E-state index in [-0.39, 0.29) is 17.2 Å². The minimum absolute atomic E-state index is 0.0542. The standard InChI is InChI=1S/C13H19BrN2OS/c1-9(10-3-4-11(14)18-10)12(17)16-6-5-13(2,7-15)8-16/h3-4,9H,5-8,15H2,1-2H3. The number of hydrogen-bond acceptors (Lipinski definition) is 3. The summed E-state index contributed by atoms with van der Waals surface area (Å²) in [5, 5.41) is 0. The molecule has 100 valence electrons. The van der Waals surface area contributed by atoms with Gasteiger partial charge in [-0.05, 0) is 53.4 Å². The van der Waals surface area contributed by atoms with Crippen molar-refractivity contribution in [3.05, 3.63) is 20.8 Å². The van der Waals surface area contributed by atoms with Crippen LogP contribution in [0.2, 0.25) is 0 Å². The fraction of sp³-hybridized carbons (Fsp3) is 0.615. The Bertz CT molecular complexity index is 448. The number of halogens is 1. The number of carbonyl (C=O) groups excluding carboxylic acids is 1. The van der Waals surface area contributed by atoms with Crippen molar-refractivity contribution < 1.29 is 4.79 Å². The van der Waals surface area contributed by atoms with Crippen molar-refractivity contribution in [2.75, 3.05) is 19.6 Å². The molecule has 18 heavy (non-hydrogen) atoms. The Balaban J connectivity index is 2.04. The lowest BCUT2D eigenvalue weighted by molar-refractivity contribution is -0.131. The molecule has 2 rings (SSSR count). The second-order valence-electron chi connectivity index (χ2n) is 5.39. The van der Waals surface area contributed by atoms with Crippen LogP contribution in [0.15, 0.2) is 15.9 Å². The molecule has 5 heteroatoms. The summed E-state index contributed by atoms with van der Waals surface area (Å²) in [7, 11) is 0. The van der Waals surface area contributed by atoms with Gasteiger partial charge in [-0.25, -0.2) is 0 Å². The van der Waals surface area contributed by atoms with Gasteiger partial charge >= 0.3 is 0 Å². The highest BCUT2D eigenvalue weighted by atomic mass is 79.9. The van der Waals surface area contributed by atoms with Crippen molar-refractivity contribution in [1.82, 2.24) is 4.90 Å². The average molecular weight is 331 g/mol.